The molecule has 0 aliphatic heterocycles. The second-order valence-electron chi connectivity index (χ2n) is 6.24. The van der Waals surface area contributed by atoms with Crippen molar-refractivity contribution >= 4 is 35.4 Å². The van der Waals surface area contributed by atoms with Crippen LogP contribution in [-0.4, -0.2) is 44.9 Å². The van der Waals surface area contributed by atoms with Crippen LogP contribution in [0, 0.1) is 11.3 Å². The molecule has 0 saturated heterocycles. The lowest BCUT2D eigenvalue weighted by Gasteiger charge is -2.11. The molecule has 0 unspecified atom stereocenters. The summed E-state index contributed by atoms with van der Waals surface area (Å²) in [7, 11) is 3.85. The zero-order valence-corrected chi connectivity index (χ0v) is 17.2. The summed E-state index contributed by atoms with van der Waals surface area (Å²) in [6.45, 7) is 0.0303. The van der Waals surface area contributed by atoms with Gasteiger partial charge in [0.2, 0.25) is 0 Å². The van der Waals surface area contributed by atoms with E-state index >= 15 is 0 Å². The maximum Gasteiger partial charge on any atom is 0.349 e. The minimum absolute atomic E-state index is 0.157. The number of thioether (sulfide) groups is 1. The first kappa shape index (κ1) is 22.1. The molecular weight excluding hydrogens is 386 g/mol. The molecule has 0 fully saturated rings. The number of ether oxygens (including phenoxy) is 1. The third-order valence-electron chi connectivity index (χ3n) is 3.83. The molecular formula is C22H23N3O3S. The van der Waals surface area contributed by atoms with Crippen molar-refractivity contribution in [1.29, 1.82) is 5.26 Å². The SMILES string of the molecule is CN(C)c1ccc(/C=C(\C#N)C(=O)OCC(=O)NCCSc2ccccc2)cc1. The monoisotopic (exact) mass is 409 g/mol. The van der Waals surface area contributed by atoms with E-state index in [9.17, 15) is 14.9 Å². The average Bonchev–Trinajstić information content (AvgIpc) is 2.74. The van der Waals surface area contributed by atoms with Crippen LogP contribution in [0.1, 0.15) is 5.56 Å². The second kappa shape index (κ2) is 11.6. The fourth-order valence-electron chi connectivity index (χ4n) is 2.31. The van der Waals surface area contributed by atoms with Gasteiger partial charge in [0.25, 0.3) is 5.91 Å². The van der Waals surface area contributed by atoms with Gasteiger partial charge in [0.1, 0.15) is 11.6 Å². The molecule has 150 valence electrons. The Morgan fingerprint density at radius 3 is 2.45 bits per heavy atom. The van der Waals surface area contributed by atoms with Crippen molar-refractivity contribution in [2.24, 2.45) is 0 Å². The molecule has 2 aromatic carbocycles. The van der Waals surface area contributed by atoms with Crippen molar-refractivity contribution < 1.29 is 14.3 Å². The van der Waals surface area contributed by atoms with Crippen LogP contribution in [0.4, 0.5) is 5.69 Å². The average molecular weight is 410 g/mol. The zero-order chi connectivity index (χ0) is 21.1. The van der Waals surface area contributed by atoms with Crippen molar-refractivity contribution in [3.63, 3.8) is 0 Å². The molecule has 7 heteroatoms. The Bertz CT molecular complexity index is 888. The molecule has 0 aliphatic carbocycles. The molecule has 0 heterocycles. The Hall–Kier alpha value is -3.24. The molecule has 2 aromatic rings. The Kier molecular flexibility index (Phi) is 8.80. The summed E-state index contributed by atoms with van der Waals surface area (Å²) < 4.78 is 4.95. The van der Waals surface area contributed by atoms with E-state index in [0.717, 1.165) is 10.6 Å². The van der Waals surface area contributed by atoms with Crippen LogP contribution >= 0.6 is 11.8 Å². The molecule has 0 aromatic heterocycles. The maximum absolute atomic E-state index is 12.1. The van der Waals surface area contributed by atoms with Gasteiger partial charge >= 0.3 is 5.97 Å². The fraction of sp³-hybridized carbons (Fsp3) is 0.227. The van der Waals surface area contributed by atoms with Crippen molar-refractivity contribution in [3.8, 4) is 6.07 Å². The second-order valence-corrected chi connectivity index (χ2v) is 7.41. The summed E-state index contributed by atoms with van der Waals surface area (Å²) in [5.74, 6) is -0.520. The van der Waals surface area contributed by atoms with E-state index in [1.54, 1.807) is 23.9 Å². The summed E-state index contributed by atoms with van der Waals surface area (Å²) in [4.78, 5) is 27.0. The van der Waals surface area contributed by atoms with Gasteiger partial charge in [-0.25, -0.2) is 4.79 Å². The van der Waals surface area contributed by atoms with Gasteiger partial charge in [0.05, 0.1) is 0 Å². The predicted octanol–water partition coefficient (Wildman–Crippen LogP) is 3.11. The minimum Gasteiger partial charge on any atom is -0.451 e. The first-order valence-electron chi connectivity index (χ1n) is 9.00. The highest BCUT2D eigenvalue weighted by atomic mass is 32.2. The third-order valence-corrected chi connectivity index (χ3v) is 4.85. The number of hydrogen-bond acceptors (Lipinski definition) is 6. The van der Waals surface area contributed by atoms with Crippen molar-refractivity contribution in [2.75, 3.05) is 37.9 Å². The lowest BCUT2D eigenvalue weighted by Crippen LogP contribution is -2.30. The molecule has 0 spiro atoms. The largest absolute Gasteiger partial charge is 0.451 e. The van der Waals surface area contributed by atoms with Gasteiger partial charge in [-0.15, -0.1) is 11.8 Å². The van der Waals surface area contributed by atoms with Gasteiger partial charge in [-0.3, -0.25) is 4.79 Å². The van der Waals surface area contributed by atoms with Crippen molar-refractivity contribution in [2.45, 2.75) is 4.90 Å². The minimum atomic E-state index is -0.821. The molecule has 1 N–H and O–H groups in total. The van der Waals surface area contributed by atoms with Crippen LogP contribution in [0.3, 0.4) is 0 Å². The first-order chi connectivity index (χ1) is 14.0. The highest BCUT2D eigenvalue weighted by Gasteiger charge is 2.13. The van der Waals surface area contributed by atoms with Gasteiger partial charge in [0, 0.05) is 37.0 Å². The van der Waals surface area contributed by atoms with E-state index < -0.39 is 18.5 Å². The summed E-state index contributed by atoms with van der Waals surface area (Å²) >= 11 is 1.62. The molecule has 0 radical (unpaired) electrons. The molecule has 0 saturated carbocycles. The summed E-state index contributed by atoms with van der Waals surface area (Å²) in [6, 6.07) is 19.0. The highest BCUT2D eigenvalue weighted by molar-refractivity contribution is 7.99. The Labute approximate surface area is 175 Å². The van der Waals surface area contributed by atoms with E-state index in [2.05, 4.69) is 5.32 Å². The Balaban J connectivity index is 1.77. The number of carbonyl (C=O) groups is 2. The Morgan fingerprint density at radius 1 is 1.14 bits per heavy atom. The number of rotatable bonds is 9. The van der Waals surface area contributed by atoms with Crippen LogP contribution < -0.4 is 10.2 Å². The van der Waals surface area contributed by atoms with E-state index in [-0.39, 0.29) is 5.57 Å². The van der Waals surface area contributed by atoms with Gasteiger partial charge in [-0.1, -0.05) is 30.3 Å². The molecule has 0 aliphatic rings. The summed E-state index contributed by atoms with van der Waals surface area (Å²) in [5.41, 5.74) is 1.55. The van der Waals surface area contributed by atoms with Gasteiger partial charge < -0.3 is 15.0 Å². The van der Waals surface area contributed by atoms with Crippen LogP contribution in [-0.2, 0) is 14.3 Å². The Morgan fingerprint density at radius 2 is 1.83 bits per heavy atom. The van der Waals surface area contributed by atoms with Gasteiger partial charge in [-0.2, -0.15) is 5.26 Å². The number of benzene rings is 2. The normalized spacial score (nSPS) is 10.7. The van der Waals surface area contributed by atoms with Crippen LogP contribution in [0.15, 0.2) is 65.1 Å². The number of esters is 1. The van der Waals surface area contributed by atoms with E-state index in [4.69, 9.17) is 4.74 Å². The van der Waals surface area contributed by atoms with Gasteiger partial charge in [-0.05, 0) is 35.9 Å². The first-order valence-corrected chi connectivity index (χ1v) is 9.99. The molecule has 2 rings (SSSR count). The number of anilines is 1. The molecule has 0 atom stereocenters. The number of hydrogen-bond donors (Lipinski definition) is 1. The number of nitriles is 1. The summed E-state index contributed by atoms with van der Waals surface area (Å²) in [6.07, 6.45) is 1.44. The standard InChI is InChI=1S/C22H23N3O3S/c1-25(2)19-10-8-17(9-11-19)14-18(15-23)22(27)28-16-21(26)24-12-13-29-20-6-4-3-5-7-20/h3-11,14H,12-13,16H2,1-2H3,(H,24,26)/b18-14+. The molecule has 29 heavy (non-hydrogen) atoms. The number of nitrogens with zero attached hydrogens (tertiary/aromatic N) is 2. The van der Waals surface area contributed by atoms with Crippen molar-refractivity contribution in [1.82, 2.24) is 5.32 Å². The number of amides is 1. The third kappa shape index (κ3) is 7.72. The number of nitrogens with one attached hydrogen (secondary N) is 1. The smallest absolute Gasteiger partial charge is 0.349 e. The van der Waals surface area contributed by atoms with E-state index in [1.165, 1.54) is 6.08 Å². The lowest BCUT2D eigenvalue weighted by atomic mass is 10.1. The summed E-state index contributed by atoms with van der Waals surface area (Å²) in [5, 5.41) is 11.9. The molecule has 1 amide bonds. The van der Waals surface area contributed by atoms with Crippen LogP contribution in [0.25, 0.3) is 6.08 Å². The fourth-order valence-corrected chi connectivity index (χ4v) is 3.10. The van der Waals surface area contributed by atoms with Crippen LogP contribution in [0.5, 0.6) is 0 Å². The van der Waals surface area contributed by atoms with Crippen LogP contribution in [0.2, 0.25) is 0 Å². The van der Waals surface area contributed by atoms with E-state index in [0.29, 0.717) is 17.9 Å². The van der Waals surface area contributed by atoms with Crippen molar-refractivity contribution in [3.05, 3.63) is 65.7 Å². The molecule has 0 bridgehead atoms. The molecule has 6 nitrogen and oxygen atoms in total. The topological polar surface area (TPSA) is 82.4 Å². The quantitative estimate of drug-likeness (QED) is 0.225. The zero-order valence-electron chi connectivity index (χ0n) is 16.4. The predicted molar refractivity (Wildman–Crippen MR) is 115 cm³/mol. The van der Waals surface area contributed by atoms with E-state index in [1.807, 2.05) is 67.5 Å². The number of carbonyl (C=O) groups excluding carboxylic acids is 2. The lowest BCUT2D eigenvalue weighted by molar-refractivity contribution is -0.144. The van der Waals surface area contributed by atoms with Gasteiger partial charge in [0.15, 0.2) is 6.61 Å². The highest BCUT2D eigenvalue weighted by Crippen LogP contribution is 2.16. The maximum atomic E-state index is 12.1.